The van der Waals surface area contributed by atoms with Crippen LogP contribution in [-0.4, -0.2) is 18.8 Å². The molecular weight excluding hydrogens is 178 g/mol. The second kappa shape index (κ2) is 4.98. The highest BCUT2D eigenvalue weighted by Gasteiger charge is 2.11. The molecule has 0 heterocycles. The van der Waals surface area contributed by atoms with Crippen LogP contribution in [0, 0.1) is 6.92 Å². The van der Waals surface area contributed by atoms with Crippen molar-refractivity contribution in [3.63, 3.8) is 0 Å². The molecule has 0 saturated carbocycles. The van der Waals surface area contributed by atoms with E-state index in [1.807, 2.05) is 25.1 Å². The average Bonchev–Trinajstić information content (AvgIpc) is 2.17. The fraction of sp³-hybridized carbons (Fsp3) is 0.455. The molecule has 0 aromatic heterocycles. The number of ether oxygens (including phenoxy) is 1. The first-order valence-corrected chi connectivity index (χ1v) is 4.71. The molecular formula is C11H17NO2. The predicted molar refractivity (Wildman–Crippen MR) is 56.4 cm³/mol. The number of aryl methyl sites for hydroxylation is 1. The van der Waals surface area contributed by atoms with E-state index in [2.05, 4.69) is 0 Å². The highest BCUT2D eigenvalue weighted by molar-refractivity contribution is 5.38. The van der Waals surface area contributed by atoms with Gasteiger partial charge in [0.25, 0.3) is 0 Å². The molecule has 78 valence electrons. The highest BCUT2D eigenvalue weighted by Crippen LogP contribution is 2.27. The van der Waals surface area contributed by atoms with Crippen molar-refractivity contribution < 1.29 is 9.84 Å². The molecule has 3 heteroatoms. The van der Waals surface area contributed by atoms with Gasteiger partial charge in [-0.15, -0.1) is 0 Å². The molecule has 0 amide bonds. The largest absolute Gasteiger partial charge is 0.496 e. The lowest BCUT2D eigenvalue weighted by atomic mass is 10.0. The number of hydrogen-bond acceptors (Lipinski definition) is 3. The summed E-state index contributed by atoms with van der Waals surface area (Å²) in [7, 11) is 1.60. The first-order valence-electron chi connectivity index (χ1n) is 4.71. The third-order valence-electron chi connectivity index (χ3n) is 2.19. The van der Waals surface area contributed by atoms with E-state index in [0.29, 0.717) is 13.0 Å². The predicted octanol–water partition coefficient (Wildman–Crippen LogP) is 1.39. The van der Waals surface area contributed by atoms with E-state index in [9.17, 15) is 5.11 Å². The lowest BCUT2D eigenvalue weighted by molar-refractivity contribution is 0.166. The van der Waals surface area contributed by atoms with Crippen LogP contribution in [0.5, 0.6) is 5.75 Å². The summed E-state index contributed by atoms with van der Waals surface area (Å²) in [5.41, 5.74) is 7.31. The Morgan fingerprint density at radius 1 is 1.50 bits per heavy atom. The second-order valence-electron chi connectivity index (χ2n) is 3.34. The number of hydrogen-bond donors (Lipinski definition) is 2. The maximum absolute atomic E-state index is 9.76. The molecule has 0 radical (unpaired) electrons. The lowest BCUT2D eigenvalue weighted by Crippen LogP contribution is -2.07. The topological polar surface area (TPSA) is 55.5 Å². The molecule has 0 saturated heterocycles. The van der Waals surface area contributed by atoms with E-state index >= 15 is 0 Å². The van der Waals surface area contributed by atoms with Gasteiger partial charge in [-0.1, -0.05) is 12.1 Å². The number of rotatable bonds is 4. The summed E-state index contributed by atoms with van der Waals surface area (Å²) in [5, 5.41) is 9.76. The van der Waals surface area contributed by atoms with E-state index in [1.54, 1.807) is 7.11 Å². The first kappa shape index (κ1) is 11.0. The van der Waals surface area contributed by atoms with Crippen LogP contribution < -0.4 is 10.5 Å². The zero-order valence-electron chi connectivity index (χ0n) is 8.66. The van der Waals surface area contributed by atoms with Gasteiger partial charge in [-0.05, 0) is 31.5 Å². The Labute approximate surface area is 84.5 Å². The second-order valence-corrected chi connectivity index (χ2v) is 3.34. The van der Waals surface area contributed by atoms with Gasteiger partial charge in [0, 0.05) is 5.56 Å². The average molecular weight is 195 g/mol. The number of methoxy groups -OCH3 is 1. The van der Waals surface area contributed by atoms with Crippen molar-refractivity contribution in [1.82, 2.24) is 0 Å². The molecule has 1 atom stereocenters. The molecule has 0 aliphatic carbocycles. The van der Waals surface area contributed by atoms with Gasteiger partial charge in [0.2, 0.25) is 0 Å². The molecule has 1 rings (SSSR count). The number of nitrogens with two attached hydrogens (primary N) is 1. The first-order chi connectivity index (χ1) is 6.69. The van der Waals surface area contributed by atoms with Gasteiger partial charge in [0.1, 0.15) is 5.75 Å². The Hall–Kier alpha value is -1.06. The molecule has 0 unspecified atom stereocenters. The molecule has 1 aromatic rings. The van der Waals surface area contributed by atoms with Crippen LogP contribution in [0.15, 0.2) is 18.2 Å². The molecule has 0 aliphatic heterocycles. The molecule has 3 nitrogen and oxygen atoms in total. The summed E-state index contributed by atoms with van der Waals surface area (Å²) in [5.74, 6) is 0.728. The molecule has 0 spiro atoms. The minimum atomic E-state index is -0.532. The summed E-state index contributed by atoms with van der Waals surface area (Å²) in [4.78, 5) is 0. The Balaban J connectivity index is 2.95. The van der Waals surface area contributed by atoms with E-state index in [0.717, 1.165) is 16.9 Å². The van der Waals surface area contributed by atoms with Crippen molar-refractivity contribution in [1.29, 1.82) is 0 Å². The van der Waals surface area contributed by atoms with Crippen LogP contribution in [0.3, 0.4) is 0 Å². The van der Waals surface area contributed by atoms with Crippen LogP contribution in [0.1, 0.15) is 23.7 Å². The van der Waals surface area contributed by atoms with Crippen molar-refractivity contribution in [3.8, 4) is 5.75 Å². The van der Waals surface area contributed by atoms with Gasteiger partial charge in [0.15, 0.2) is 0 Å². The summed E-state index contributed by atoms with van der Waals surface area (Å²) in [6.45, 7) is 2.46. The minimum Gasteiger partial charge on any atom is -0.496 e. The van der Waals surface area contributed by atoms with Gasteiger partial charge in [-0.3, -0.25) is 0 Å². The van der Waals surface area contributed by atoms with Gasteiger partial charge >= 0.3 is 0 Å². The van der Waals surface area contributed by atoms with Crippen molar-refractivity contribution in [3.05, 3.63) is 29.3 Å². The zero-order valence-corrected chi connectivity index (χ0v) is 8.66. The van der Waals surface area contributed by atoms with Crippen LogP contribution in [0.4, 0.5) is 0 Å². The number of aliphatic hydroxyl groups excluding tert-OH is 1. The molecule has 14 heavy (non-hydrogen) atoms. The third-order valence-corrected chi connectivity index (χ3v) is 2.19. The summed E-state index contributed by atoms with van der Waals surface area (Å²) < 4.78 is 5.19. The maximum atomic E-state index is 9.76. The Kier molecular flexibility index (Phi) is 3.92. The van der Waals surface area contributed by atoms with Crippen molar-refractivity contribution in [2.45, 2.75) is 19.4 Å². The van der Waals surface area contributed by atoms with Crippen LogP contribution in [-0.2, 0) is 0 Å². The highest BCUT2D eigenvalue weighted by atomic mass is 16.5. The summed E-state index contributed by atoms with van der Waals surface area (Å²) in [6.07, 6.45) is 0.0231. The van der Waals surface area contributed by atoms with Gasteiger partial charge in [-0.2, -0.15) is 0 Å². The van der Waals surface area contributed by atoms with E-state index in [-0.39, 0.29) is 0 Å². The van der Waals surface area contributed by atoms with Crippen LogP contribution >= 0.6 is 0 Å². The molecule has 0 aliphatic rings. The quantitative estimate of drug-likeness (QED) is 0.763. The summed E-state index contributed by atoms with van der Waals surface area (Å²) >= 11 is 0. The Morgan fingerprint density at radius 2 is 2.21 bits per heavy atom. The van der Waals surface area contributed by atoms with E-state index in [1.165, 1.54) is 0 Å². The monoisotopic (exact) mass is 195 g/mol. The standard InChI is InChI=1S/C11H17NO2/c1-8-3-4-9(10(13)5-6-12)11(7-8)14-2/h3-4,7,10,13H,5-6,12H2,1-2H3/t10-/m0/s1. The number of benzene rings is 1. The van der Waals surface area contributed by atoms with Crippen molar-refractivity contribution >= 4 is 0 Å². The number of aliphatic hydroxyl groups is 1. The maximum Gasteiger partial charge on any atom is 0.124 e. The fourth-order valence-electron chi connectivity index (χ4n) is 1.41. The Bertz CT molecular complexity index is 299. The fourth-order valence-corrected chi connectivity index (χ4v) is 1.41. The van der Waals surface area contributed by atoms with E-state index in [4.69, 9.17) is 10.5 Å². The van der Waals surface area contributed by atoms with E-state index < -0.39 is 6.10 Å². The van der Waals surface area contributed by atoms with Gasteiger partial charge in [0.05, 0.1) is 13.2 Å². The van der Waals surface area contributed by atoms with Gasteiger partial charge < -0.3 is 15.6 Å². The normalized spacial score (nSPS) is 12.6. The molecule has 3 N–H and O–H groups in total. The van der Waals surface area contributed by atoms with Crippen LogP contribution in [0.25, 0.3) is 0 Å². The van der Waals surface area contributed by atoms with Crippen molar-refractivity contribution in [2.75, 3.05) is 13.7 Å². The molecule has 0 bridgehead atoms. The SMILES string of the molecule is COc1cc(C)ccc1[C@@H](O)CCN. The zero-order chi connectivity index (χ0) is 10.6. The minimum absolute atomic E-state index is 0.470. The summed E-state index contributed by atoms with van der Waals surface area (Å²) in [6, 6.07) is 5.75. The smallest absolute Gasteiger partial charge is 0.124 e. The Morgan fingerprint density at radius 3 is 2.79 bits per heavy atom. The van der Waals surface area contributed by atoms with Crippen molar-refractivity contribution in [2.24, 2.45) is 5.73 Å². The lowest BCUT2D eigenvalue weighted by Gasteiger charge is -2.14. The van der Waals surface area contributed by atoms with Crippen LogP contribution in [0.2, 0.25) is 0 Å². The van der Waals surface area contributed by atoms with Gasteiger partial charge in [-0.25, -0.2) is 0 Å². The molecule has 0 fully saturated rings. The molecule has 1 aromatic carbocycles. The third kappa shape index (κ3) is 2.47.